The third kappa shape index (κ3) is 2.82. The zero-order valence-corrected chi connectivity index (χ0v) is 15.1. The van der Waals surface area contributed by atoms with Crippen LogP contribution in [-0.2, 0) is 4.74 Å². The lowest BCUT2D eigenvalue weighted by Crippen LogP contribution is -2.29. The molecule has 0 amide bonds. The Hall–Kier alpha value is -1.97. The maximum Gasteiger partial charge on any atom is 0.337 e. The predicted octanol–water partition coefficient (Wildman–Crippen LogP) is 5.61. The Labute approximate surface area is 156 Å². The number of halogens is 2. The van der Waals surface area contributed by atoms with E-state index in [-0.39, 0.29) is 17.9 Å². The topological polar surface area (TPSA) is 38.3 Å². The zero-order chi connectivity index (χ0) is 17.6. The summed E-state index contributed by atoms with van der Waals surface area (Å²) in [7, 11) is 1.40. The lowest BCUT2D eigenvalue weighted by Gasteiger charge is -2.38. The predicted molar refractivity (Wildman–Crippen MR) is 101 cm³/mol. The number of esters is 1. The molecule has 1 aliphatic carbocycles. The van der Waals surface area contributed by atoms with Crippen molar-refractivity contribution < 1.29 is 9.53 Å². The molecule has 2 aromatic carbocycles. The van der Waals surface area contributed by atoms with Gasteiger partial charge in [-0.1, -0.05) is 41.4 Å². The highest BCUT2D eigenvalue weighted by molar-refractivity contribution is 6.35. The number of hydrogen-bond acceptors (Lipinski definition) is 3. The summed E-state index contributed by atoms with van der Waals surface area (Å²) in [6.45, 7) is 0. The lowest BCUT2D eigenvalue weighted by atomic mass is 9.76. The van der Waals surface area contributed by atoms with Crippen molar-refractivity contribution in [3.63, 3.8) is 0 Å². The Bertz CT molecular complexity index is 878. The van der Waals surface area contributed by atoms with Gasteiger partial charge in [-0.05, 0) is 53.8 Å². The van der Waals surface area contributed by atoms with E-state index in [4.69, 9.17) is 27.9 Å². The summed E-state index contributed by atoms with van der Waals surface area (Å²) >= 11 is 12.5. The van der Waals surface area contributed by atoms with Crippen LogP contribution in [0.1, 0.15) is 39.9 Å². The largest absolute Gasteiger partial charge is 0.465 e. The van der Waals surface area contributed by atoms with Crippen molar-refractivity contribution in [3.8, 4) is 0 Å². The van der Waals surface area contributed by atoms with Crippen molar-refractivity contribution >= 4 is 34.9 Å². The van der Waals surface area contributed by atoms with Crippen LogP contribution in [0, 0.1) is 5.92 Å². The summed E-state index contributed by atoms with van der Waals surface area (Å²) in [5, 5.41) is 4.91. The first-order valence-corrected chi connectivity index (χ1v) is 8.94. The Balaban J connectivity index is 1.77. The van der Waals surface area contributed by atoms with E-state index in [0.29, 0.717) is 21.5 Å². The molecule has 0 unspecified atom stereocenters. The Kier molecular flexibility index (Phi) is 4.22. The molecule has 0 fully saturated rings. The van der Waals surface area contributed by atoms with Crippen LogP contribution in [0.3, 0.4) is 0 Å². The fourth-order valence-corrected chi connectivity index (χ4v) is 4.43. The minimum absolute atomic E-state index is 0.0984. The highest BCUT2D eigenvalue weighted by Gasteiger charge is 2.38. The molecular formula is C20H17Cl2NO2. The van der Waals surface area contributed by atoms with E-state index in [1.54, 1.807) is 12.1 Å². The van der Waals surface area contributed by atoms with E-state index in [0.717, 1.165) is 23.2 Å². The minimum Gasteiger partial charge on any atom is -0.465 e. The molecule has 3 nitrogen and oxygen atoms in total. The molecule has 3 atom stereocenters. The van der Waals surface area contributed by atoms with Crippen LogP contribution in [0.15, 0.2) is 48.6 Å². The number of allylic oxidation sites excluding steroid dienone is 2. The highest BCUT2D eigenvalue weighted by Crippen LogP contribution is 2.51. The number of rotatable bonds is 2. The summed E-state index contributed by atoms with van der Waals surface area (Å²) in [5.41, 5.74) is 3.77. The molecule has 4 rings (SSSR count). The second kappa shape index (κ2) is 6.40. The van der Waals surface area contributed by atoms with Crippen molar-refractivity contribution in [2.24, 2.45) is 5.92 Å². The van der Waals surface area contributed by atoms with E-state index in [1.807, 2.05) is 24.3 Å². The van der Waals surface area contributed by atoms with Crippen LogP contribution in [0.25, 0.3) is 0 Å². The maximum atomic E-state index is 11.9. The maximum absolute atomic E-state index is 11.9. The summed E-state index contributed by atoms with van der Waals surface area (Å²) in [5.74, 6) is 0.279. The number of fused-ring (bicyclic) bond motifs is 3. The molecule has 1 heterocycles. The van der Waals surface area contributed by atoms with Crippen LogP contribution >= 0.6 is 23.2 Å². The molecule has 1 aliphatic heterocycles. The molecule has 0 radical (unpaired) electrons. The van der Waals surface area contributed by atoms with E-state index in [2.05, 4.69) is 17.5 Å². The Morgan fingerprint density at radius 2 is 2.00 bits per heavy atom. The van der Waals surface area contributed by atoms with Crippen molar-refractivity contribution in [1.82, 2.24) is 0 Å². The van der Waals surface area contributed by atoms with Crippen molar-refractivity contribution in [1.29, 1.82) is 0 Å². The summed E-state index contributed by atoms with van der Waals surface area (Å²) < 4.78 is 4.85. The molecule has 1 N–H and O–H groups in total. The summed E-state index contributed by atoms with van der Waals surface area (Å²) in [6.07, 6.45) is 5.39. The third-order valence-corrected chi connectivity index (χ3v) is 5.64. The van der Waals surface area contributed by atoms with Gasteiger partial charge in [-0.3, -0.25) is 0 Å². The SMILES string of the molecule is COC(=O)c1ccc2c(c1)[C@@H]1C=CC[C@@H]1[C@H](c1ccc(Cl)cc1Cl)N2. The Morgan fingerprint density at radius 1 is 1.16 bits per heavy atom. The van der Waals surface area contributed by atoms with Gasteiger partial charge in [-0.15, -0.1) is 0 Å². The van der Waals surface area contributed by atoms with Gasteiger partial charge in [0.05, 0.1) is 18.7 Å². The van der Waals surface area contributed by atoms with Crippen LogP contribution in [0.2, 0.25) is 10.0 Å². The van der Waals surface area contributed by atoms with E-state index < -0.39 is 0 Å². The van der Waals surface area contributed by atoms with Gasteiger partial charge in [-0.2, -0.15) is 0 Å². The van der Waals surface area contributed by atoms with Gasteiger partial charge in [0.2, 0.25) is 0 Å². The smallest absolute Gasteiger partial charge is 0.337 e. The van der Waals surface area contributed by atoms with Crippen LogP contribution in [0.5, 0.6) is 0 Å². The van der Waals surface area contributed by atoms with Gasteiger partial charge in [-0.25, -0.2) is 4.79 Å². The van der Waals surface area contributed by atoms with Gasteiger partial charge in [0.15, 0.2) is 0 Å². The molecule has 0 saturated heterocycles. The fourth-order valence-electron chi connectivity index (χ4n) is 3.90. The van der Waals surface area contributed by atoms with Crippen LogP contribution in [0.4, 0.5) is 5.69 Å². The quantitative estimate of drug-likeness (QED) is 0.549. The number of nitrogens with one attached hydrogen (secondary N) is 1. The van der Waals surface area contributed by atoms with Crippen molar-refractivity contribution in [2.75, 3.05) is 12.4 Å². The van der Waals surface area contributed by atoms with Crippen molar-refractivity contribution in [2.45, 2.75) is 18.4 Å². The average Bonchev–Trinajstić information content (AvgIpc) is 3.10. The number of methoxy groups -OCH3 is 1. The molecular weight excluding hydrogens is 357 g/mol. The number of carbonyl (C=O) groups excluding carboxylic acids is 1. The van der Waals surface area contributed by atoms with Gasteiger partial charge < -0.3 is 10.1 Å². The molecule has 2 aromatic rings. The number of hydrogen-bond donors (Lipinski definition) is 1. The van der Waals surface area contributed by atoms with E-state index >= 15 is 0 Å². The molecule has 25 heavy (non-hydrogen) atoms. The third-order valence-electron chi connectivity index (χ3n) is 5.08. The molecule has 0 aromatic heterocycles. The molecule has 5 heteroatoms. The zero-order valence-electron chi connectivity index (χ0n) is 13.6. The molecule has 2 aliphatic rings. The van der Waals surface area contributed by atoms with Crippen molar-refractivity contribution in [3.05, 3.63) is 75.3 Å². The standard InChI is InChI=1S/C20H17Cl2NO2/c1-25-20(24)11-5-8-18-16(9-11)13-3-2-4-14(13)19(23-18)15-7-6-12(21)10-17(15)22/h2-3,5-10,13-14,19,23H,4H2,1H3/t13-,14+,19-/m1/s1. The summed E-state index contributed by atoms with van der Waals surface area (Å²) in [6, 6.07) is 11.4. The molecule has 0 spiro atoms. The molecule has 0 bridgehead atoms. The second-order valence-electron chi connectivity index (χ2n) is 6.43. The molecule has 128 valence electrons. The number of anilines is 1. The molecule has 0 saturated carbocycles. The fraction of sp³-hybridized carbons (Fsp3) is 0.250. The summed E-state index contributed by atoms with van der Waals surface area (Å²) in [4.78, 5) is 11.9. The first kappa shape index (κ1) is 16.5. The number of benzene rings is 2. The number of carbonyl (C=O) groups is 1. The minimum atomic E-state index is -0.316. The average molecular weight is 374 g/mol. The van der Waals surface area contributed by atoms with Gasteiger partial charge in [0, 0.05) is 21.7 Å². The first-order valence-electron chi connectivity index (χ1n) is 8.19. The van der Waals surface area contributed by atoms with Gasteiger partial charge in [0.25, 0.3) is 0 Å². The highest BCUT2D eigenvalue weighted by atomic mass is 35.5. The van der Waals surface area contributed by atoms with Crippen LogP contribution < -0.4 is 5.32 Å². The second-order valence-corrected chi connectivity index (χ2v) is 7.28. The Morgan fingerprint density at radius 3 is 2.76 bits per heavy atom. The van der Waals surface area contributed by atoms with Gasteiger partial charge in [0.1, 0.15) is 0 Å². The van der Waals surface area contributed by atoms with E-state index in [1.165, 1.54) is 7.11 Å². The van der Waals surface area contributed by atoms with E-state index in [9.17, 15) is 4.79 Å². The van der Waals surface area contributed by atoms with Crippen LogP contribution in [-0.4, -0.2) is 13.1 Å². The normalized spacial score (nSPS) is 23.6. The monoisotopic (exact) mass is 373 g/mol. The lowest BCUT2D eigenvalue weighted by molar-refractivity contribution is 0.0600. The first-order chi connectivity index (χ1) is 12.1. The van der Waals surface area contributed by atoms with Gasteiger partial charge >= 0.3 is 5.97 Å². The number of ether oxygens (including phenoxy) is 1.